The highest BCUT2D eigenvalue weighted by atomic mass is 16.5. The van der Waals surface area contributed by atoms with Gasteiger partial charge in [0.25, 0.3) is 5.91 Å². The third kappa shape index (κ3) is 4.69. The van der Waals surface area contributed by atoms with Crippen LogP contribution in [0.2, 0.25) is 0 Å². The summed E-state index contributed by atoms with van der Waals surface area (Å²) >= 11 is 0. The maximum Gasteiger partial charge on any atom is 0.257 e. The lowest BCUT2D eigenvalue weighted by Crippen LogP contribution is -2.51. The molecule has 7 nitrogen and oxygen atoms in total. The minimum atomic E-state index is -0.0732. The van der Waals surface area contributed by atoms with E-state index in [1.54, 1.807) is 36.2 Å². The van der Waals surface area contributed by atoms with Gasteiger partial charge in [-0.15, -0.1) is 0 Å². The molecule has 1 aromatic carbocycles. The van der Waals surface area contributed by atoms with E-state index in [2.05, 4.69) is 0 Å². The van der Waals surface area contributed by atoms with Gasteiger partial charge in [-0.05, 0) is 12.1 Å². The third-order valence-corrected chi connectivity index (χ3v) is 3.91. The zero-order valence-corrected chi connectivity index (χ0v) is 14.2. The monoisotopic (exact) mass is 336 g/mol. The highest BCUT2D eigenvalue weighted by molar-refractivity contribution is 5.97. The van der Waals surface area contributed by atoms with Crippen molar-refractivity contribution in [3.8, 4) is 5.75 Å². The van der Waals surface area contributed by atoms with Crippen molar-refractivity contribution in [2.75, 3.05) is 60.2 Å². The molecule has 0 radical (unpaired) electrons. The molecule has 0 spiro atoms. The van der Waals surface area contributed by atoms with E-state index < -0.39 is 0 Å². The van der Waals surface area contributed by atoms with Crippen molar-refractivity contribution in [1.29, 1.82) is 0 Å². The summed E-state index contributed by atoms with van der Waals surface area (Å²) in [5.41, 5.74) is 0.544. The average molecular weight is 336 g/mol. The molecule has 1 saturated heterocycles. The van der Waals surface area contributed by atoms with Crippen molar-refractivity contribution in [2.45, 2.75) is 0 Å². The third-order valence-electron chi connectivity index (χ3n) is 3.91. The maximum atomic E-state index is 12.6. The molecule has 0 aliphatic carbocycles. The first kappa shape index (κ1) is 18.2. The van der Waals surface area contributed by atoms with Gasteiger partial charge in [0.05, 0.1) is 25.9 Å². The zero-order valence-electron chi connectivity index (χ0n) is 14.2. The first-order valence-corrected chi connectivity index (χ1v) is 7.94. The number of amides is 2. The van der Waals surface area contributed by atoms with Gasteiger partial charge in [-0.25, -0.2) is 0 Å². The molecule has 2 rings (SSSR count). The molecule has 0 aromatic heterocycles. The molecular formula is C17H24N2O5. The molecule has 132 valence electrons. The molecule has 0 bridgehead atoms. The van der Waals surface area contributed by atoms with E-state index in [4.69, 9.17) is 14.2 Å². The second-order valence-electron chi connectivity index (χ2n) is 5.42. The first-order valence-electron chi connectivity index (χ1n) is 7.94. The lowest BCUT2D eigenvalue weighted by molar-refractivity contribution is -0.138. The minimum Gasteiger partial charge on any atom is -0.496 e. The fraction of sp³-hybridized carbons (Fsp3) is 0.529. The Morgan fingerprint density at radius 1 is 1.00 bits per heavy atom. The highest BCUT2D eigenvalue weighted by Crippen LogP contribution is 2.20. The molecule has 1 aliphatic heterocycles. The number of ether oxygens (including phenoxy) is 3. The molecular weight excluding hydrogens is 312 g/mol. The summed E-state index contributed by atoms with van der Waals surface area (Å²) in [6.45, 7) is 2.93. The van der Waals surface area contributed by atoms with Crippen molar-refractivity contribution in [1.82, 2.24) is 9.80 Å². The average Bonchev–Trinajstić information content (AvgIpc) is 2.64. The van der Waals surface area contributed by atoms with E-state index in [-0.39, 0.29) is 18.4 Å². The summed E-state index contributed by atoms with van der Waals surface area (Å²) in [6, 6.07) is 7.16. The van der Waals surface area contributed by atoms with Gasteiger partial charge >= 0.3 is 0 Å². The van der Waals surface area contributed by atoms with Gasteiger partial charge in [-0.1, -0.05) is 12.1 Å². The van der Waals surface area contributed by atoms with Crippen LogP contribution in [0.4, 0.5) is 0 Å². The van der Waals surface area contributed by atoms with Gasteiger partial charge < -0.3 is 24.0 Å². The molecule has 1 aromatic rings. The fourth-order valence-electron chi connectivity index (χ4n) is 2.54. The number of nitrogens with zero attached hydrogens (tertiary/aromatic N) is 2. The van der Waals surface area contributed by atoms with Gasteiger partial charge in [0.2, 0.25) is 5.91 Å². The van der Waals surface area contributed by atoms with E-state index >= 15 is 0 Å². The SMILES string of the molecule is COCCOCC(=O)N1CCN(C(=O)c2ccccc2OC)CC1. The Hall–Kier alpha value is -2.12. The van der Waals surface area contributed by atoms with Crippen molar-refractivity contribution >= 4 is 11.8 Å². The number of carbonyl (C=O) groups excluding carboxylic acids is 2. The quantitative estimate of drug-likeness (QED) is 0.684. The van der Waals surface area contributed by atoms with Gasteiger partial charge in [-0.2, -0.15) is 0 Å². The first-order chi connectivity index (χ1) is 11.7. The van der Waals surface area contributed by atoms with E-state index in [9.17, 15) is 9.59 Å². The Labute approximate surface area is 142 Å². The Bertz CT molecular complexity index is 556. The van der Waals surface area contributed by atoms with Crippen LogP contribution >= 0.6 is 0 Å². The van der Waals surface area contributed by atoms with Crippen LogP contribution in [0.5, 0.6) is 5.75 Å². The number of para-hydroxylation sites is 1. The Morgan fingerprint density at radius 3 is 2.33 bits per heavy atom. The van der Waals surface area contributed by atoms with E-state index in [1.807, 2.05) is 12.1 Å². The Morgan fingerprint density at radius 2 is 1.67 bits per heavy atom. The van der Waals surface area contributed by atoms with Gasteiger partial charge in [0, 0.05) is 33.3 Å². The van der Waals surface area contributed by atoms with Crippen LogP contribution in [0.1, 0.15) is 10.4 Å². The molecule has 0 atom stereocenters. The summed E-state index contributed by atoms with van der Waals surface area (Å²) in [5.74, 6) is 0.430. The number of benzene rings is 1. The normalized spacial score (nSPS) is 14.6. The van der Waals surface area contributed by atoms with Crippen LogP contribution < -0.4 is 4.74 Å². The van der Waals surface area contributed by atoms with Crippen LogP contribution in [-0.2, 0) is 14.3 Å². The molecule has 1 aliphatic rings. The molecule has 24 heavy (non-hydrogen) atoms. The van der Waals surface area contributed by atoms with Crippen molar-refractivity contribution in [3.05, 3.63) is 29.8 Å². The maximum absolute atomic E-state index is 12.6. The second kappa shape index (κ2) is 9.24. The van der Waals surface area contributed by atoms with Crippen LogP contribution in [0.25, 0.3) is 0 Å². The molecule has 0 N–H and O–H groups in total. The van der Waals surface area contributed by atoms with Crippen LogP contribution in [-0.4, -0.2) is 81.8 Å². The topological polar surface area (TPSA) is 68.3 Å². The van der Waals surface area contributed by atoms with E-state index in [1.165, 1.54) is 0 Å². The number of methoxy groups -OCH3 is 2. The van der Waals surface area contributed by atoms with E-state index in [0.29, 0.717) is 50.7 Å². The highest BCUT2D eigenvalue weighted by Gasteiger charge is 2.26. The smallest absolute Gasteiger partial charge is 0.257 e. The predicted molar refractivity (Wildman–Crippen MR) is 88.2 cm³/mol. The summed E-state index contributed by atoms with van der Waals surface area (Å²) < 4.78 is 15.4. The number of piperazine rings is 1. The number of hydrogen-bond donors (Lipinski definition) is 0. The molecule has 1 heterocycles. The van der Waals surface area contributed by atoms with Gasteiger partial charge in [0.1, 0.15) is 12.4 Å². The predicted octanol–water partition coefficient (Wildman–Crippen LogP) is 0.643. The molecule has 0 unspecified atom stereocenters. The van der Waals surface area contributed by atoms with Gasteiger partial charge in [-0.3, -0.25) is 9.59 Å². The summed E-state index contributed by atoms with van der Waals surface area (Å²) in [7, 11) is 3.13. The zero-order chi connectivity index (χ0) is 17.4. The molecule has 1 fully saturated rings. The van der Waals surface area contributed by atoms with Crippen LogP contribution in [0, 0.1) is 0 Å². The number of rotatable bonds is 7. The summed E-state index contributed by atoms with van der Waals surface area (Å²) in [4.78, 5) is 28.1. The summed E-state index contributed by atoms with van der Waals surface area (Å²) in [6.07, 6.45) is 0. The lowest BCUT2D eigenvalue weighted by Gasteiger charge is -2.35. The standard InChI is InChI=1S/C17H24N2O5/c1-22-11-12-24-13-16(20)18-7-9-19(10-8-18)17(21)14-5-3-4-6-15(14)23-2/h3-6H,7-13H2,1-2H3. The number of carbonyl (C=O) groups is 2. The van der Waals surface area contributed by atoms with Gasteiger partial charge in [0.15, 0.2) is 0 Å². The molecule has 7 heteroatoms. The summed E-state index contributed by atoms with van der Waals surface area (Å²) in [5, 5.41) is 0. The molecule has 2 amide bonds. The second-order valence-corrected chi connectivity index (χ2v) is 5.42. The van der Waals surface area contributed by atoms with Crippen molar-refractivity contribution in [2.24, 2.45) is 0 Å². The number of hydrogen-bond acceptors (Lipinski definition) is 5. The van der Waals surface area contributed by atoms with Crippen molar-refractivity contribution < 1.29 is 23.8 Å². The van der Waals surface area contributed by atoms with E-state index in [0.717, 1.165) is 0 Å². The van der Waals surface area contributed by atoms with Crippen LogP contribution in [0.15, 0.2) is 24.3 Å². The Balaban J connectivity index is 1.84. The minimum absolute atomic E-state index is 0.0455. The lowest BCUT2D eigenvalue weighted by atomic mass is 10.1. The fourth-order valence-corrected chi connectivity index (χ4v) is 2.54. The largest absolute Gasteiger partial charge is 0.496 e. The Kier molecular flexibility index (Phi) is 7.02. The van der Waals surface area contributed by atoms with Crippen molar-refractivity contribution in [3.63, 3.8) is 0 Å². The van der Waals surface area contributed by atoms with Crippen LogP contribution in [0.3, 0.4) is 0 Å². The molecule has 0 saturated carbocycles.